The molecule has 1 atom stereocenters. The molecule has 0 saturated carbocycles. The third-order valence-corrected chi connectivity index (χ3v) is 3.10. The van der Waals surface area contributed by atoms with Crippen molar-refractivity contribution in [3.8, 4) is 0 Å². The average molecular weight is 385 g/mol. The van der Waals surface area contributed by atoms with Gasteiger partial charge >= 0.3 is 5.97 Å². The van der Waals surface area contributed by atoms with Gasteiger partial charge in [-0.05, 0) is 12.8 Å². The number of likely N-dealkylation sites (tertiary alicyclic amines) is 1. The number of methoxy groups -OCH3 is 2. The van der Waals surface area contributed by atoms with Gasteiger partial charge in [-0.1, -0.05) is 12.8 Å². The molecule has 0 aliphatic carbocycles. The van der Waals surface area contributed by atoms with Crippen LogP contribution >= 0.6 is 24.0 Å². The third-order valence-electron chi connectivity index (χ3n) is 3.10. The van der Waals surface area contributed by atoms with E-state index in [9.17, 15) is 4.79 Å². The number of esters is 1. The second-order valence-corrected chi connectivity index (χ2v) is 4.35. The Morgan fingerprint density at radius 3 is 2.32 bits per heavy atom. The maximum Gasteiger partial charge on any atom is 0.336 e. The molecule has 0 bridgehead atoms. The molecule has 1 saturated heterocycles. The van der Waals surface area contributed by atoms with Gasteiger partial charge in [0, 0.05) is 20.2 Å². The predicted molar refractivity (Wildman–Crippen MR) is 84.8 cm³/mol. The van der Waals surface area contributed by atoms with Crippen molar-refractivity contribution >= 4 is 35.9 Å². The fourth-order valence-corrected chi connectivity index (χ4v) is 1.95. The van der Waals surface area contributed by atoms with Crippen molar-refractivity contribution in [1.29, 1.82) is 0 Å². The summed E-state index contributed by atoms with van der Waals surface area (Å²) in [5.41, 5.74) is 5.93. The Morgan fingerprint density at radius 2 is 1.84 bits per heavy atom. The lowest BCUT2D eigenvalue weighted by Crippen LogP contribution is -2.39. The minimum atomic E-state index is -0.680. The molecule has 0 aromatic carbocycles. The quantitative estimate of drug-likeness (QED) is 0.338. The van der Waals surface area contributed by atoms with Gasteiger partial charge in [-0.25, -0.2) is 9.79 Å². The van der Waals surface area contributed by atoms with E-state index in [1.165, 1.54) is 27.1 Å². The number of nitrogens with two attached hydrogens (primary N) is 1. The molecule has 7 heteroatoms. The van der Waals surface area contributed by atoms with Gasteiger partial charge in [0.25, 0.3) is 0 Å². The Bertz CT molecular complexity index is 292. The first kappa shape index (κ1) is 18.4. The Labute approximate surface area is 131 Å². The van der Waals surface area contributed by atoms with E-state index < -0.39 is 12.1 Å². The number of rotatable bonds is 4. The van der Waals surface area contributed by atoms with Gasteiger partial charge in [0.1, 0.15) is 0 Å². The summed E-state index contributed by atoms with van der Waals surface area (Å²) in [6, 6.07) is 0. The Kier molecular flexibility index (Phi) is 9.94. The number of ether oxygens (including phenoxy) is 2. The molecule has 6 nitrogen and oxygen atoms in total. The molecular formula is C12H24IN3O3. The highest BCUT2D eigenvalue weighted by molar-refractivity contribution is 14.0. The topological polar surface area (TPSA) is 77.1 Å². The molecule has 112 valence electrons. The highest BCUT2D eigenvalue weighted by Crippen LogP contribution is 2.09. The molecule has 1 fully saturated rings. The van der Waals surface area contributed by atoms with Crippen LogP contribution in [0.15, 0.2) is 4.99 Å². The van der Waals surface area contributed by atoms with E-state index in [0.717, 1.165) is 25.9 Å². The molecule has 1 rings (SSSR count). The van der Waals surface area contributed by atoms with Crippen molar-refractivity contribution in [2.24, 2.45) is 10.7 Å². The SMILES string of the molecule is COC(=O)C(CN=C(N)N1CCCCCC1)OC.I. The van der Waals surface area contributed by atoms with E-state index in [4.69, 9.17) is 10.5 Å². The van der Waals surface area contributed by atoms with Crippen molar-refractivity contribution in [1.82, 2.24) is 4.90 Å². The van der Waals surface area contributed by atoms with Crippen LogP contribution in [0, 0.1) is 0 Å². The van der Waals surface area contributed by atoms with Crippen molar-refractivity contribution < 1.29 is 14.3 Å². The summed E-state index contributed by atoms with van der Waals surface area (Å²) in [5.74, 6) is 0.0627. The highest BCUT2D eigenvalue weighted by Gasteiger charge is 2.18. The van der Waals surface area contributed by atoms with Crippen molar-refractivity contribution in [3.05, 3.63) is 0 Å². The van der Waals surface area contributed by atoms with Crippen LogP contribution in [0.2, 0.25) is 0 Å². The Hall–Kier alpha value is -0.570. The zero-order chi connectivity index (χ0) is 13.4. The molecule has 0 aromatic heterocycles. The van der Waals surface area contributed by atoms with E-state index in [1.807, 2.05) is 0 Å². The predicted octanol–water partition coefficient (Wildman–Crippen LogP) is 0.983. The largest absolute Gasteiger partial charge is 0.467 e. The molecule has 1 aliphatic rings. The average Bonchev–Trinajstić information content (AvgIpc) is 2.67. The summed E-state index contributed by atoms with van der Waals surface area (Å²) in [6.45, 7) is 2.07. The summed E-state index contributed by atoms with van der Waals surface area (Å²) in [6.07, 6.45) is 4.08. The standard InChI is InChI=1S/C12H23N3O3.HI/c1-17-10(11(16)18-2)9-14-12(13)15-7-5-3-4-6-8-15;/h10H,3-9H2,1-2H3,(H2,13,14);1H. The third kappa shape index (κ3) is 6.42. The van der Waals surface area contributed by atoms with Gasteiger partial charge in [0.15, 0.2) is 12.1 Å². The molecule has 0 radical (unpaired) electrons. The van der Waals surface area contributed by atoms with Gasteiger partial charge in [-0.15, -0.1) is 24.0 Å². The second kappa shape index (κ2) is 10.2. The van der Waals surface area contributed by atoms with Crippen molar-refractivity contribution in [2.45, 2.75) is 31.8 Å². The highest BCUT2D eigenvalue weighted by atomic mass is 127. The van der Waals surface area contributed by atoms with E-state index in [-0.39, 0.29) is 30.5 Å². The molecule has 0 amide bonds. The molecule has 0 spiro atoms. The zero-order valence-corrected chi connectivity index (χ0v) is 14.0. The molecular weight excluding hydrogens is 361 g/mol. The number of carbonyl (C=O) groups is 1. The summed E-state index contributed by atoms with van der Waals surface area (Å²) < 4.78 is 9.62. The van der Waals surface area contributed by atoms with Gasteiger partial charge < -0.3 is 20.1 Å². The number of hydrogen-bond acceptors (Lipinski definition) is 4. The summed E-state index contributed by atoms with van der Waals surface area (Å²) in [5, 5.41) is 0. The van der Waals surface area contributed by atoms with Crippen LogP contribution in [0.25, 0.3) is 0 Å². The fourth-order valence-electron chi connectivity index (χ4n) is 1.95. The maximum atomic E-state index is 11.3. The molecule has 1 heterocycles. The number of guanidine groups is 1. The molecule has 2 N–H and O–H groups in total. The Balaban J connectivity index is 0.00000324. The van der Waals surface area contributed by atoms with E-state index in [0.29, 0.717) is 5.96 Å². The van der Waals surface area contributed by atoms with Crippen LogP contribution in [-0.2, 0) is 14.3 Å². The smallest absolute Gasteiger partial charge is 0.336 e. The first-order valence-corrected chi connectivity index (χ1v) is 6.34. The number of aliphatic imine (C=N–C) groups is 1. The summed E-state index contributed by atoms with van der Waals surface area (Å²) in [4.78, 5) is 17.6. The first-order valence-electron chi connectivity index (χ1n) is 6.34. The van der Waals surface area contributed by atoms with Crippen LogP contribution in [0.4, 0.5) is 0 Å². The van der Waals surface area contributed by atoms with Gasteiger partial charge in [-0.3, -0.25) is 0 Å². The molecule has 1 aliphatic heterocycles. The van der Waals surface area contributed by atoms with Crippen molar-refractivity contribution in [3.63, 3.8) is 0 Å². The maximum absolute atomic E-state index is 11.3. The lowest BCUT2D eigenvalue weighted by atomic mass is 10.2. The number of carbonyl (C=O) groups excluding carboxylic acids is 1. The normalized spacial score (nSPS) is 18.2. The second-order valence-electron chi connectivity index (χ2n) is 4.35. The van der Waals surface area contributed by atoms with Crippen LogP contribution < -0.4 is 5.73 Å². The van der Waals surface area contributed by atoms with Crippen molar-refractivity contribution in [2.75, 3.05) is 33.9 Å². The number of halogens is 1. The molecule has 19 heavy (non-hydrogen) atoms. The van der Waals surface area contributed by atoms with E-state index >= 15 is 0 Å². The number of hydrogen-bond donors (Lipinski definition) is 1. The van der Waals surface area contributed by atoms with Gasteiger partial charge in [0.2, 0.25) is 0 Å². The summed E-state index contributed by atoms with van der Waals surface area (Å²) in [7, 11) is 2.79. The minimum absolute atomic E-state index is 0. The lowest BCUT2D eigenvalue weighted by Gasteiger charge is -2.21. The van der Waals surface area contributed by atoms with E-state index in [1.54, 1.807) is 0 Å². The monoisotopic (exact) mass is 385 g/mol. The fraction of sp³-hybridized carbons (Fsp3) is 0.833. The first-order chi connectivity index (χ1) is 8.69. The lowest BCUT2D eigenvalue weighted by molar-refractivity contribution is -0.151. The minimum Gasteiger partial charge on any atom is -0.467 e. The molecule has 0 aromatic rings. The van der Waals surface area contributed by atoms with Crippen LogP contribution in [-0.4, -0.2) is 56.8 Å². The van der Waals surface area contributed by atoms with Gasteiger partial charge in [-0.2, -0.15) is 0 Å². The summed E-state index contributed by atoms with van der Waals surface area (Å²) >= 11 is 0. The van der Waals surface area contributed by atoms with E-state index in [2.05, 4.69) is 14.6 Å². The van der Waals surface area contributed by atoms with Crippen LogP contribution in [0.1, 0.15) is 25.7 Å². The molecule has 1 unspecified atom stereocenters. The number of nitrogens with zero attached hydrogens (tertiary/aromatic N) is 2. The van der Waals surface area contributed by atoms with Crippen LogP contribution in [0.5, 0.6) is 0 Å². The zero-order valence-electron chi connectivity index (χ0n) is 11.6. The van der Waals surface area contributed by atoms with Crippen LogP contribution in [0.3, 0.4) is 0 Å². The van der Waals surface area contributed by atoms with Gasteiger partial charge in [0.05, 0.1) is 13.7 Å². The Morgan fingerprint density at radius 1 is 1.26 bits per heavy atom.